The molecule has 1 atom stereocenters. The Morgan fingerprint density at radius 2 is 2.32 bits per heavy atom. The van der Waals surface area contributed by atoms with Crippen LogP contribution in [0, 0.1) is 10.1 Å². The van der Waals surface area contributed by atoms with Crippen molar-refractivity contribution in [2.45, 2.75) is 12.6 Å². The molecule has 0 aliphatic heterocycles. The van der Waals surface area contributed by atoms with Crippen LogP contribution in [-0.2, 0) is 11.3 Å². The van der Waals surface area contributed by atoms with Crippen LogP contribution >= 0.6 is 11.3 Å². The largest absolute Gasteiger partial charge is 0.480 e. The molecule has 2 aromatic heterocycles. The molecule has 7 nitrogen and oxygen atoms in total. The second-order valence-corrected chi connectivity index (χ2v) is 4.76. The van der Waals surface area contributed by atoms with Gasteiger partial charge >= 0.3 is 11.0 Å². The van der Waals surface area contributed by atoms with E-state index in [1.54, 1.807) is 12.1 Å². The monoisotopic (exact) mass is 282 g/mol. The Balaban J connectivity index is 2.10. The van der Waals surface area contributed by atoms with Gasteiger partial charge in [0.1, 0.15) is 11.8 Å². The normalized spacial score (nSPS) is 12.2. The summed E-state index contributed by atoms with van der Waals surface area (Å²) in [5, 5.41) is 22.4. The molecule has 0 spiro atoms. The lowest BCUT2D eigenvalue weighted by molar-refractivity contribution is -0.380. The summed E-state index contributed by atoms with van der Waals surface area (Å²) >= 11 is 0.842. The number of nitro groups is 1. The van der Waals surface area contributed by atoms with Crippen molar-refractivity contribution in [3.05, 3.63) is 51.3 Å². The van der Waals surface area contributed by atoms with Gasteiger partial charge in [-0.2, -0.15) is 0 Å². The summed E-state index contributed by atoms with van der Waals surface area (Å²) in [6, 6.07) is 5.15. The van der Waals surface area contributed by atoms with Crippen molar-refractivity contribution < 1.29 is 19.2 Å². The molecule has 1 unspecified atom stereocenters. The lowest BCUT2D eigenvalue weighted by Gasteiger charge is -2.11. The Labute approximate surface area is 111 Å². The number of furan rings is 1. The van der Waals surface area contributed by atoms with E-state index in [2.05, 4.69) is 5.32 Å². The van der Waals surface area contributed by atoms with Crippen molar-refractivity contribution in [2.75, 3.05) is 0 Å². The van der Waals surface area contributed by atoms with E-state index in [9.17, 15) is 14.9 Å². The first-order valence-electron chi connectivity index (χ1n) is 5.30. The quantitative estimate of drug-likeness (QED) is 0.621. The highest BCUT2D eigenvalue weighted by molar-refractivity contribution is 7.15. The number of carboxylic acid groups (broad SMARTS) is 1. The third-order valence-corrected chi connectivity index (χ3v) is 3.49. The molecule has 19 heavy (non-hydrogen) atoms. The Kier molecular flexibility index (Phi) is 3.93. The highest BCUT2D eigenvalue weighted by atomic mass is 32.1. The second-order valence-electron chi connectivity index (χ2n) is 3.66. The first-order chi connectivity index (χ1) is 9.08. The Morgan fingerprint density at radius 3 is 2.84 bits per heavy atom. The number of nitrogens with one attached hydrogen (secondary N) is 1. The maximum Gasteiger partial charge on any atom is 0.326 e. The fourth-order valence-electron chi connectivity index (χ4n) is 1.52. The average Bonchev–Trinajstić information content (AvgIpc) is 2.98. The van der Waals surface area contributed by atoms with Crippen molar-refractivity contribution in [1.82, 2.24) is 5.32 Å². The molecule has 2 rings (SSSR count). The summed E-state index contributed by atoms with van der Waals surface area (Å²) in [6.45, 7) is 0.232. The number of carbonyl (C=O) groups is 1. The highest BCUT2D eigenvalue weighted by Crippen LogP contribution is 2.29. The van der Waals surface area contributed by atoms with Gasteiger partial charge in [0.25, 0.3) is 0 Å². The standard InChI is InChI=1S/C11H10N2O5S/c14-11(15)10(12-6-7-2-1-5-18-7)8-3-4-9(19-8)13(16)17/h1-5,10,12H,6H2,(H,14,15). The van der Waals surface area contributed by atoms with Gasteiger partial charge in [-0.15, -0.1) is 0 Å². The zero-order chi connectivity index (χ0) is 13.8. The van der Waals surface area contributed by atoms with Crippen LogP contribution in [-0.4, -0.2) is 16.0 Å². The first kappa shape index (κ1) is 13.2. The molecule has 0 aliphatic rings. The molecular weight excluding hydrogens is 272 g/mol. The van der Waals surface area contributed by atoms with Gasteiger partial charge < -0.3 is 9.52 Å². The molecule has 100 valence electrons. The number of nitrogens with zero attached hydrogens (tertiary/aromatic N) is 1. The van der Waals surface area contributed by atoms with Crippen molar-refractivity contribution in [2.24, 2.45) is 0 Å². The predicted octanol–water partition coefficient (Wildman–Crippen LogP) is 2.16. The SMILES string of the molecule is O=C(O)C(NCc1ccco1)c1ccc([N+](=O)[O-])s1. The maximum atomic E-state index is 11.2. The van der Waals surface area contributed by atoms with Crippen LogP contribution in [0.3, 0.4) is 0 Å². The molecular formula is C11H10N2O5S. The van der Waals surface area contributed by atoms with E-state index in [4.69, 9.17) is 9.52 Å². The molecule has 8 heteroatoms. The van der Waals surface area contributed by atoms with Gasteiger partial charge in [-0.05, 0) is 18.2 Å². The average molecular weight is 282 g/mol. The summed E-state index contributed by atoms with van der Waals surface area (Å²) in [6.07, 6.45) is 1.49. The van der Waals surface area contributed by atoms with E-state index < -0.39 is 16.9 Å². The summed E-state index contributed by atoms with van der Waals surface area (Å²) in [7, 11) is 0. The fourth-order valence-corrected chi connectivity index (χ4v) is 2.41. The predicted molar refractivity (Wildman–Crippen MR) is 66.9 cm³/mol. The molecule has 0 saturated heterocycles. The van der Waals surface area contributed by atoms with Crippen LogP contribution in [0.2, 0.25) is 0 Å². The lowest BCUT2D eigenvalue weighted by atomic mass is 10.2. The van der Waals surface area contributed by atoms with Crippen LogP contribution in [0.4, 0.5) is 5.00 Å². The van der Waals surface area contributed by atoms with Crippen molar-refractivity contribution in [1.29, 1.82) is 0 Å². The molecule has 0 bridgehead atoms. The van der Waals surface area contributed by atoms with Gasteiger partial charge in [0.05, 0.1) is 17.7 Å². The number of thiophene rings is 1. The molecule has 2 heterocycles. The number of carboxylic acids is 1. The van der Waals surface area contributed by atoms with Gasteiger partial charge in [-0.25, -0.2) is 0 Å². The highest BCUT2D eigenvalue weighted by Gasteiger charge is 2.23. The number of hydrogen-bond donors (Lipinski definition) is 2. The third kappa shape index (κ3) is 3.18. The van der Waals surface area contributed by atoms with E-state index in [-0.39, 0.29) is 11.5 Å². The van der Waals surface area contributed by atoms with Gasteiger partial charge in [-0.1, -0.05) is 11.3 Å². The Morgan fingerprint density at radius 1 is 1.53 bits per heavy atom. The smallest absolute Gasteiger partial charge is 0.326 e. The van der Waals surface area contributed by atoms with Crippen LogP contribution in [0.25, 0.3) is 0 Å². The van der Waals surface area contributed by atoms with Crippen LogP contribution < -0.4 is 5.32 Å². The number of aliphatic carboxylic acids is 1. The molecule has 2 N–H and O–H groups in total. The zero-order valence-electron chi connectivity index (χ0n) is 9.61. The molecule has 0 radical (unpaired) electrons. The van der Waals surface area contributed by atoms with Gasteiger partial charge in [0.2, 0.25) is 0 Å². The third-order valence-electron chi connectivity index (χ3n) is 2.38. The molecule has 0 aliphatic carbocycles. The summed E-state index contributed by atoms with van der Waals surface area (Å²) in [5.74, 6) is -0.499. The molecule has 0 saturated carbocycles. The summed E-state index contributed by atoms with van der Waals surface area (Å²) in [5.41, 5.74) is 0. The maximum absolute atomic E-state index is 11.2. The zero-order valence-corrected chi connectivity index (χ0v) is 10.4. The van der Waals surface area contributed by atoms with Gasteiger partial charge in [-0.3, -0.25) is 20.2 Å². The molecule has 2 aromatic rings. The van der Waals surface area contributed by atoms with Crippen molar-refractivity contribution in [3.8, 4) is 0 Å². The fraction of sp³-hybridized carbons (Fsp3) is 0.182. The number of hydrogen-bond acceptors (Lipinski definition) is 6. The van der Waals surface area contributed by atoms with E-state index >= 15 is 0 Å². The van der Waals surface area contributed by atoms with Crippen LogP contribution in [0.5, 0.6) is 0 Å². The van der Waals surface area contributed by atoms with Crippen LogP contribution in [0.15, 0.2) is 34.9 Å². The Bertz CT molecular complexity index is 578. The summed E-state index contributed by atoms with van der Waals surface area (Å²) < 4.78 is 5.08. The minimum Gasteiger partial charge on any atom is -0.480 e. The first-order valence-corrected chi connectivity index (χ1v) is 6.12. The topological polar surface area (TPSA) is 106 Å². The summed E-state index contributed by atoms with van der Waals surface area (Å²) in [4.78, 5) is 21.6. The molecule has 0 fully saturated rings. The van der Waals surface area contributed by atoms with Gasteiger partial charge in [0, 0.05) is 10.9 Å². The van der Waals surface area contributed by atoms with E-state index in [1.165, 1.54) is 18.4 Å². The van der Waals surface area contributed by atoms with Crippen molar-refractivity contribution >= 4 is 22.3 Å². The minimum atomic E-state index is -1.09. The number of rotatable bonds is 6. The minimum absolute atomic E-state index is 0.0824. The Hall–Kier alpha value is -2.19. The van der Waals surface area contributed by atoms with E-state index in [1.807, 2.05) is 0 Å². The lowest BCUT2D eigenvalue weighted by Crippen LogP contribution is -2.27. The van der Waals surface area contributed by atoms with E-state index in [0.717, 1.165) is 11.3 Å². The van der Waals surface area contributed by atoms with E-state index in [0.29, 0.717) is 10.6 Å². The van der Waals surface area contributed by atoms with Crippen LogP contribution in [0.1, 0.15) is 16.7 Å². The second kappa shape index (κ2) is 5.63. The van der Waals surface area contributed by atoms with Crippen molar-refractivity contribution in [3.63, 3.8) is 0 Å². The van der Waals surface area contributed by atoms with Gasteiger partial charge in [0.15, 0.2) is 0 Å². The molecule has 0 aromatic carbocycles. The molecule has 0 amide bonds.